The van der Waals surface area contributed by atoms with Gasteiger partial charge in [0.05, 0.1) is 18.5 Å². The third-order valence-corrected chi connectivity index (χ3v) is 3.73. The van der Waals surface area contributed by atoms with Gasteiger partial charge in [-0.3, -0.25) is 9.59 Å². The predicted molar refractivity (Wildman–Crippen MR) is 84.2 cm³/mol. The van der Waals surface area contributed by atoms with Crippen molar-refractivity contribution in [2.24, 2.45) is 0 Å². The molecule has 2 aromatic rings. The SMILES string of the molecule is CCc1n[nH]c(=O)c(C(=O)NCC(C)(O)c2ccco2)c1CC. The van der Waals surface area contributed by atoms with Crippen LogP contribution >= 0.6 is 0 Å². The molecule has 0 fully saturated rings. The normalized spacial score (nSPS) is 13.6. The Bertz CT molecular complexity index is 732. The molecule has 2 aromatic heterocycles. The van der Waals surface area contributed by atoms with Gasteiger partial charge >= 0.3 is 0 Å². The lowest BCUT2D eigenvalue weighted by atomic mass is 10.0. The number of aryl methyl sites for hydroxylation is 1. The molecule has 23 heavy (non-hydrogen) atoms. The van der Waals surface area contributed by atoms with E-state index in [0.29, 0.717) is 29.9 Å². The summed E-state index contributed by atoms with van der Waals surface area (Å²) in [5, 5.41) is 19.3. The lowest BCUT2D eigenvalue weighted by Crippen LogP contribution is -2.41. The summed E-state index contributed by atoms with van der Waals surface area (Å²) in [4.78, 5) is 24.4. The van der Waals surface area contributed by atoms with Gasteiger partial charge in [-0.05, 0) is 37.5 Å². The summed E-state index contributed by atoms with van der Waals surface area (Å²) in [5.74, 6) is -0.196. The summed E-state index contributed by atoms with van der Waals surface area (Å²) in [7, 11) is 0. The Morgan fingerprint density at radius 2 is 2.17 bits per heavy atom. The molecular formula is C16H21N3O4. The minimum atomic E-state index is -1.36. The van der Waals surface area contributed by atoms with Crippen LogP contribution in [0.3, 0.4) is 0 Å². The predicted octanol–water partition coefficient (Wildman–Crippen LogP) is 1.13. The van der Waals surface area contributed by atoms with Crippen molar-refractivity contribution >= 4 is 5.91 Å². The molecule has 1 atom stereocenters. The number of hydrogen-bond donors (Lipinski definition) is 3. The Labute approximate surface area is 133 Å². The fourth-order valence-electron chi connectivity index (χ4n) is 2.45. The van der Waals surface area contributed by atoms with E-state index in [4.69, 9.17) is 4.42 Å². The fraction of sp³-hybridized carbons (Fsp3) is 0.438. The Balaban J connectivity index is 2.23. The van der Waals surface area contributed by atoms with Gasteiger partial charge in [-0.25, -0.2) is 5.10 Å². The minimum absolute atomic E-state index is 0.0506. The first-order chi connectivity index (χ1) is 10.9. The lowest BCUT2D eigenvalue weighted by molar-refractivity contribution is 0.0330. The monoisotopic (exact) mass is 319 g/mol. The highest BCUT2D eigenvalue weighted by Crippen LogP contribution is 2.20. The summed E-state index contributed by atoms with van der Waals surface area (Å²) < 4.78 is 5.16. The first kappa shape index (κ1) is 17.0. The Morgan fingerprint density at radius 1 is 1.43 bits per heavy atom. The highest BCUT2D eigenvalue weighted by atomic mass is 16.4. The summed E-state index contributed by atoms with van der Waals surface area (Å²) in [5.41, 5.74) is -0.524. The van der Waals surface area contributed by atoms with Crippen LogP contribution in [0.1, 0.15) is 48.1 Å². The molecule has 0 spiro atoms. The van der Waals surface area contributed by atoms with Crippen molar-refractivity contribution in [2.75, 3.05) is 6.54 Å². The number of H-pyrrole nitrogens is 1. The fourth-order valence-corrected chi connectivity index (χ4v) is 2.45. The van der Waals surface area contributed by atoms with Crippen LogP contribution in [0.15, 0.2) is 27.6 Å². The standard InChI is InChI=1S/C16H21N3O4/c1-4-10-11(5-2)18-19-15(21)13(10)14(20)17-9-16(3,22)12-7-6-8-23-12/h6-8,22H,4-5,9H2,1-3H3,(H,17,20)(H,19,21). The minimum Gasteiger partial charge on any atom is -0.466 e. The number of furan rings is 1. The van der Waals surface area contributed by atoms with E-state index in [1.165, 1.54) is 13.2 Å². The highest BCUT2D eigenvalue weighted by molar-refractivity contribution is 5.95. The molecule has 0 aliphatic carbocycles. The molecule has 1 amide bonds. The second-order valence-electron chi connectivity index (χ2n) is 5.49. The van der Waals surface area contributed by atoms with E-state index >= 15 is 0 Å². The maximum atomic E-state index is 12.4. The maximum absolute atomic E-state index is 12.4. The Kier molecular flexibility index (Phi) is 5.00. The van der Waals surface area contributed by atoms with Crippen molar-refractivity contribution in [1.82, 2.24) is 15.5 Å². The molecule has 0 bridgehead atoms. The first-order valence-electron chi connectivity index (χ1n) is 7.55. The number of carbonyl (C=O) groups is 1. The highest BCUT2D eigenvalue weighted by Gasteiger charge is 2.28. The van der Waals surface area contributed by atoms with E-state index in [1.807, 2.05) is 13.8 Å². The molecular weight excluding hydrogens is 298 g/mol. The van der Waals surface area contributed by atoms with Crippen LogP contribution in [0, 0.1) is 0 Å². The molecule has 7 nitrogen and oxygen atoms in total. The van der Waals surface area contributed by atoms with Crippen molar-refractivity contribution in [3.8, 4) is 0 Å². The number of hydrogen-bond acceptors (Lipinski definition) is 5. The average Bonchev–Trinajstić information content (AvgIpc) is 3.07. The molecule has 3 N–H and O–H groups in total. The van der Waals surface area contributed by atoms with E-state index in [9.17, 15) is 14.7 Å². The van der Waals surface area contributed by atoms with Crippen LogP contribution in [0.25, 0.3) is 0 Å². The number of nitrogens with one attached hydrogen (secondary N) is 2. The zero-order chi connectivity index (χ0) is 17.0. The molecule has 2 rings (SSSR count). The van der Waals surface area contributed by atoms with Crippen LogP contribution in [-0.2, 0) is 18.4 Å². The molecule has 0 saturated heterocycles. The van der Waals surface area contributed by atoms with Gasteiger partial charge in [-0.15, -0.1) is 0 Å². The molecule has 2 heterocycles. The van der Waals surface area contributed by atoms with Gasteiger partial charge in [0.2, 0.25) is 0 Å². The summed E-state index contributed by atoms with van der Waals surface area (Å²) in [6.45, 7) is 5.22. The van der Waals surface area contributed by atoms with Crippen LogP contribution in [0.4, 0.5) is 0 Å². The lowest BCUT2D eigenvalue weighted by Gasteiger charge is -2.21. The maximum Gasteiger partial charge on any atom is 0.277 e. The van der Waals surface area contributed by atoms with Gasteiger partial charge in [0, 0.05) is 0 Å². The van der Waals surface area contributed by atoms with Gasteiger partial charge in [0.15, 0.2) is 0 Å². The summed E-state index contributed by atoms with van der Waals surface area (Å²) >= 11 is 0. The number of aromatic nitrogens is 2. The largest absolute Gasteiger partial charge is 0.466 e. The molecule has 0 aliphatic rings. The van der Waals surface area contributed by atoms with Gasteiger partial charge in [-0.1, -0.05) is 13.8 Å². The van der Waals surface area contributed by atoms with Crippen LogP contribution < -0.4 is 10.9 Å². The number of rotatable bonds is 6. The zero-order valence-corrected chi connectivity index (χ0v) is 13.5. The number of nitrogens with zero attached hydrogens (tertiary/aromatic N) is 1. The smallest absolute Gasteiger partial charge is 0.277 e. The summed E-state index contributed by atoms with van der Waals surface area (Å²) in [6, 6.07) is 3.28. The van der Waals surface area contributed by atoms with Crippen molar-refractivity contribution in [3.05, 3.63) is 51.3 Å². The van der Waals surface area contributed by atoms with Crippen molar-refractivity contribution in [1.29, 1.82) is 0 Å². The third-order valence-electron chi connectivity index (χ3n) is 3.73. The van der Waals surface area contributed by atoms with Crippen molar-refractivity contribution in [3.63, 3.8) is 0 Å². The van der Waals surface area contributed by atoms with E-state index in [0.717, 1.165) is 0 Å². The third kappa shape index (κ3) is 3.50. The van der Waals surface area contributed by atoms with E-state index < -0.39 is 17.1 Å². The molecule has 0 aromatic carbocycles. The van der Waals surface area contributed by atoms with Gasteiger partial charge in [-0.2, -0.15) is 5.10 Å². The molecule has 1 unspecified atom stereocenters. The first-order valence-corrected chi connectivity index (χ1v) is 7.55. The van der Waals surface area contributed by atoms with Gasteiger partial charge < -0.3 is 14.8 Å². The summed E-state index contributed by atoms with van der Waals surface area (Å²) in [6.07, 6.45) is 2.59. The second kappa shape index (κ2) is 6.78. The number of amides is 1. The molecule has 7 heteroatoms. The second-order valence-corrected chi connectivity index (χ2v) is 5.49. The average molecular weight is 319 g/mol. The number of aromatic amines is 1. The Morgan fingerprint density at radius 3 is 2.74 bits per heavy atom. The van der Waals surface area contributed by atoms with Gasteiger partial charge in [0.1, 0.15) is 16.9 Å². The molecule has 124 valence electrons. The molecule has 0 aliphatic heterocycles. The molecule has 0 radical (unpaired) electrons. The van der Waals surface area contributed by atoms with E-state index in [2.05, 4.69) is 15.5 Å². The van der Waals surface area contributed by atoms with Crippen molar-refractivity contribution in [2.45, 2.75) is 39.2 Å². The molecule has 0 saturated carbocycles. The van der Waals surface area contributed by atoms with Crippen LogP contribution in [-0.4, -0.2) is 27.8 Å². The van der Waals surface area contributed by atoms with Crippen molar-refractivity contribution < 1.29 is 14.3 Å². The van der Waals surface area contributed by atoms with Crippen LogP contribution in [0.5, 0.6) is 0 Å². The van der Waals surface area contributed by atoms with E-state index in [1.54, 1.807) is 12.1 Å². The zero-order valence-electron chi connectivity index (χ0n) is 13.5. The Hall–Kier alpha value is -2.41. The topological polar surface area (TPSA) is 108 Å². The van der Waals surface area contributed by atoms with E-state index in [-0.39, 0.29) is 12.1 Å². The van der Waals surface area contributed by atoms with Gasteiger partial charge in [0.25, 0.3) is 11.5 Å². The number of carbonyl (C=O) groups excluding carboxylic acids is 1. The quantitative estimate of drug-likeness (QED) is 0.739. The number of aliphatic hydroxyl groups is 1. The van der Waals surface area contributed by atoms with Crippen LogP contribution in [0.2, 0.25) is 0 Å².